The number of ether oxygens (including phenoxy) is 1. The van der Waals surface area contributed by atoms with Crippen LogP contribution >= 0.6 is 0 Å². The third-order valence-corrected chi connectivity index (χ3v) is 4.31. The van der Waals surface area contributed by atoms with Crippen molar-refractivity contribution in [2.75, 3.05) is 39.0 Å². The number of piperazine rings is 1. The second kappa shape index (κ2) is 4.80. The van der Waals surface area contributed by atoms with Crippen LogP contribution in [0.4, 0.5) is 4.79 Å². The van der Waals surface area contributed by atoms with Crippen molar-refractivity contribution in [2.24, 2.45) is 0 Å². The molecular formula is C8H16N2O4S. The maximum atomic E-state index is 11.5. The summed E-state index contributed by atoms with van der Waals surface area (Å²) in [5.74, 6) is 0.102. The summed E-state index contributed by atoms with van der Waals surface area (Å²) in [4.78, 5) is 12.6. The third-order valence-electron chi connectivity index (χ3n) is 2.43. The van der Waals surface area contributed by atoms with E-state index in [-0.39, 0.29) is 5.75 Å². The molecule has 0 N–H and O–H groups in total. The highest BCUT2D eigenvalue weighted by Crippen LogP contribution is 2.08. The molecule has 0 radical (unpaired) electrons. The van der Waals surface area contributed by atoms with Crippen LogP contribution in [0.1, 0.15) is 6.92 Å². The molecule has 1 rings (SSSR count). The zero-order valence-corrected chi connectivity index (χ0v) is 9.79. The number of methoxy groups -OCH3 is 1. The summed E-state index contributed by atoms with van der Waals surface area (Å²) in [6.45, 7) is 3.11. The normalized spacial score (nSPS) is 18.9. The van der Waals surface area contributed by atoms with Crippen molar-refractivity contribution in [2.45, 2.75) is 6.92 Å². The van der Waals surface area contributed by atoms with E-state index in [2.05, 4.69) is 4.74 Å². The molecule has 0 atom stereocenters. The maximum Gasteiger partial charge on any atom is 0.409 e. The molecule has 1 saturated heterocycles. The summed E-state index contributed by atoms with van der Waals surface area (Å²) in [6.07, 6.45) is -0.399. The number of hydrogen-bond donors (Lipinski definition) is 0. The van der Waals surface area contributed by atoms with E-state index < -0.39 is 16.1 Å². The van der Waals surface area contributed by atoms with Crippen LogP contribution in [0.25, 0.3) is 0 Å². The van der Waals surface area contributed by atoms with E-state index in [0.717, 1.165) is 0 Å². The van der Waals surface area contributed by atoms with Crippen molar-refractivity contribution < 1.29 is 17.9 Å². The molecule has 1 aliphatic rings. The van der Waals surface area contributed by atoms with Crippen LogP contribution in [0.15, 0.2) is 0 Å². The molecule has 0 unspecified atom stereocenters. The highest BCUT2D eigenvalue weighted by atomic mass is 32.2. The molecule has 0 aromatic heterocycles. The minimum atomic E-state index is -3.12. The van der Waals surface area contributed by atoms with Crippen LogP contribution in [-0.2, 0) is 14.8 Å². The topological polar surface area (TPSA) is 66.9 Å². The first-order chi connectivity index (χ1) is 7.01. The Kier molecular flexibility index (Phi) is 3.92. The largest absolute Gasteiger partial charge is 0.453 e. The summed E-state index contributed by atoms with van der Waals surface area (Å²) in [5, 5.41) is 0. The second-order valence-corrected chi connectivity index (χ2v) is 5.51. The van der Waals surface area contributed by atoms with Crippen molar-refractivity contribution in [1.29, 1.82) is 0 Å². The quantitative estimate of drug-likeness (QED) is 0.661. The SMILES string of the molecule is CCS(=O)(=O)N1CCN(C(=O)OC)CC1. The molecular weight excluding hydrogens is 220 g/mol. The van der Waals surface area contributed by atoms with E-state index in [4.69, 9.17) is 0 Å². The zero-order valence-electron chi connectivity index (χ0n) is 8.97. The van der Waals surface area contributed by atoms with Gasteiger partial charge in [-0.25, -0.2) is 13.2 Å². The van der Waals surface area contributed by atoms with Crippen molar-refractivity contribution in [1.82, 2.24) is 9.21 Å². The number of amides is 1. The fourth-order valence-corrected chi connectivity index (χ4v) is 2.55. The Morgan fingerprint density at radius 3 is 2.20 bits per heavy atom. The van der Waals surface area contributed by atoms with E-state index in [1.807, 2.05) is 0 Å². The van der Waals surface area contributed by atoms with Crippen LogP contribution < -0.4 is 0 Å². The van der Waals surface area contributed by atoms with Gasteiger partial charge in [0, 0.05) is 26.2 Å². The van der Waals surface area contributed by atoms with Crippen LogP contribution in [0, 0.1) is 0 Å². The molecule has 1 amide bonds. The molecule has 0 aromatic rings. The molecule has 1 fully saturated rings. The maximum absolute atomic E-state index is 11.5. The highest BCUT2D eigenvalue weighted by molar-refractivity contribution is 7.89. The first kappa shape index (κ1) is 12.3. The Morgan fingerprint density at radius 2 is 1.80 bits per heavy atom. The molecule has 6 nitrogen and oxygen atoms in total. The minimum Gasteiger partial charge on any atom is -0.453 e. The standard InChI is InChI=1S/C8H16N2O4S/c1-3-15(12,13)10-6-4-9(5-7-10)8(11)14-2/h3-7H2,1-2H3. The Morgan fingerprint density at radius 1 is 1.27 bits per heavy atom. The highest BCUT2D eigenvalue weighted by Gasteiger charge is 2.27. The van der Waals surface area contributed by atoms with Gasteiger partial charge in [0.1, 0.15) is 0 Å². The molecule has 0 aromatic carbocycles. The average Bonchev–Trinajstić information content (AvgIpc) is 2.28. The lowest BCUT2D eigenvalue weighted by Crippen LogP contribution is -2.50. The van der Waals surface area contributed by atoms with E-state index >= 15 is 0 Å². The van der Waals surface area contributed by atoms with Gasteiger partial charge < -0.3 is 9.64 Å². The predicted octanol–water partition coefficient (Wildman–Crippen LogP) is -0.280. The lowest BCUT2D eigenvalue weighted by molar-refractivity contribution is 0.108. The Balaban J connectivity index is 2.53. The smallest absolute Gasteiger partial charge is 0.409 e. The van der Waals surface area contributed by atoms with Crippen LogP contribution in [0.5, 0.6) is 0 Å². The Hall–Kier alpha value is -0.820. The predicted molar refractivity (Wildman–Crippen MR) is 55.0 cm³/mol. The number of carbonyl (C=O) groups excluding carboxylic acids is 1. The lowest BCUT2D eigenvalue weighted by Gasteiger charge is -2.32. The monoisotopic (exact) mass is 236 g/mol. The zero-order chi connectivity index (χ0) is 11.5. The van der Waals surface area contributed by atoms with Gasteiger partial charge in [-0.15, -0.1) is 0 Å². The minimum absolute atomic E-state index is 0.102. The van der Waals surface area contributed by atoms with Gasteiger partial charge >= 0.3 is 6.09 Å². The first-order valence-corrected chi connectivity index (χ1v) is 6.43. The first-order valence-electron chi connectivity index (χ1n) is 4.82. The van der Waals surface area contributed by atoms with Gasteiger partial charge in [-0.2, -0.15) is 4.31 Å². The molecule has 0 bridgehead atoms. The summed E-state index contributed by atoms with van der Waals surface area (Å²) >= 11 is 0. The fraction of sp³-hybridized carbons (Fsp3) is 0.875. The van der Waals surface area contributed by atoms with E-state index in [1.165, 1.54) is 16.3 Å². The molecule has 0 spiro atoms. The van der Waals surface area contributed by atoms with Crippen molar-refractivity contribution in [3.8, 4) is 0 Å². The average molecular weight is 236 g/mol. The van der Waals surface area contributed by atoms with Gasteiger partial charge in [0.15, 0.2) is 0 Å². The number of sulfonamides is 1. The van der Waals surface area contributed by atoms with Gasteiger partial charge in [0.2, 0.25) is 10.0 Å². The Bertz CT molecular complexity index is 320. The molecule has 0 saturated carbocycles. The summed E-state index contributed by atoms with van der Waals surface area (Å²) in [5.41, 5.74) is 0. The number of carbonyl (C=O) groups is 1. The summed E-state index contributed by atoms with van der Waals surface area (Å²) in [7, 11) is -1.81. The van der Waals surface area contributed by atoms with Crippen LogP contribution in [-0.4, -0.2) is 62.8 Å². The Labute approximate surface area is 89.8 Å². The molecule has 0 aliphatic carbocycles. The van der Waals surface area contributed by atoms with Crippen molar-refractivity contribution >= 4 is 16.1 Å². The number of nitrogens with zero attached hydrogens (tertiary/aromatic N) is 2. The lowest BCUT2D eigenvalue weighted by atomic mass is 10.4. The van der Waals surface area contributed by atoms with Gasteiger partial charge in [0.05, 0.1) is 12.9 Å². The van der Waals surface area contributed by atoms with Crippen molar-refractivity contribution in [3.63, 3.8) is 0 Å². The van der Waals surface area contributed by atoms with E-state index in [9.17, 15) is 13.2 Å². The summed E-state index contributed by atoms with van der Waals surface area (Å²) < 4.78 is 28.9. The number of hydrogen-bond acceptors (Lipinski definition) is 4. The van der Waals surface area contributed by atoms with E-state index in [1.54, 1.807) is 6.92 Å². The van der Waals surface area contributed by atoms with Gasteiger partial charge in [0.25, 0.3) is 0 Å². The summed E-state index contributed by atoms with van der Waals surface area (Å²) in [6, 6.07) is 0. The molecule has 88 valence electrons. The second-order valence-electron chi connectivity index (χ2n) is 3.26. The fourth-order valence-electron chi connectivity index (χ4n) is 1.46. The molecule has 1 heterocycles. The number of rotatable bonds is 2. The molecule has 7 heteroatoms. The van der Waals surface area contributed by atoms with Gasteiger partial charge in [-0.3, -0.25) is 0 Å². The van der Waals surface area contributed by atoms with Gasteiger partial charge in [-0.05, 0) is 6.92 Å². The van der Waals surface area contributed by atoms with Gasteiger partial charge in [-0.1, -0.05) is 0 Å². The van der Waals surface area contributed by atoms with Crippen LogP contribution in [0.2, 0.25) is 0 Å². The van der Waals surface area contributed by atoms with Crippen molar-refractivity contribution in [3.05, 3.63) is 0 Å². The molecule has 1 aliphatic heterocycles. The third kappa shape index (κ3) is 2.82. The van der Waals surface area contributed by atoms with Crippen LogP contribution in [0.3, 0.4) is 0 Å². The molecule has 15 heavy (non-hydrogen) atoms. The van der Waals surface area contributed by atoms with E-state index in [0.29, 0.717) is 26.2 Å².